The molecule has 0 radical (unpaired) electrons. The van der Waals surface area contributed by atoms with Gasteiger partial charge in [0, 0.05) is 8.80 Å². The standard InChI is InChI=1S/C11H22Si/c1-3-4-8-11(2)12-9-6-5-7-10-12/h4,8,11-12H,3,5-7,9-10H2,1-2H3/b8-4+/t11-/m0/s1. The zero-order valence-electron chi connectivity index (χ0n) is 8.55. The Kier molecular flexibility index (Phi) is 4.67. The van der Waals surface area contributed by atoms with Crippen molar-refractivity contribution in [1.82, 2.24) is 0 Å². The highest BCUT2D eigenvalue weighted by Gasteiger charge is 2.18. The van der Waals surface area contributed by atoms with Crippen LogP contribution in [0, 0.1) is 0 Å². The Morgan fingerprint density at radius 2 is 1.92 bits per heavy atom. The van der Waals surface area contributed by atoms with E-state index in [4.69, 9.17) is 0 Å². The van der Waals surface area contributed by atoms with Gasteiger partial charge in [0.2, 0.25) is 0 Å². The molecule has 1 saturated heterocycles. The van der Waals surface area contributed by atoms with Gasteiger partial charge in [-0.2, -0.15) is 0 Å². The normalized spacial score (nSPS) is 23.2. The van der Waals surface area contributed by atoms with Gasteiger partial charge in [0.05, 0.1) is 0 Å². The van der Waals surface area contributed by atoms with Gasteiger partial charge in [0.15, 0.2) is 0 Å². The molecule has 0 unspecified atom stereocenters. The molecule has 0 aromatic carbocycles. The predicted octanol–water partition coefficient (Wildman–Crippen LogP) is 3.75. The van der Waals surface area contributed by atoms with E-state index in [1.165, 1.54) is 25.7 Å². The fourth-order valence-corrected chi connectivity index (χ4v) is 5.61. The van der Waals surface area contributed by atoms with Crippen molar-refractivity contribution >= 4 is 8.80 Å². The quantitative estimate of drug-likeness (QED) is 0.460. The van der Waals surface area contributed by atoms with Gasteiger partial charge in [-0.3, -0.25) is 0 Å². The molecule has 0 amide bonds. The first-order valence-electron chi connectivity index (χ1n) is 5.51. The van der Waals surface area contributed by atoms with Crippen LogP contribution in [0.2, 0.25) is 17.6 Å². The van der Waals surface area contributed by atoms with Gasteiger partial charge in [-0.1, -0.05) is 57.4 Å². The van der Waals surface area contributed by atoms with Crippen molar-refractivity contribution in [3.63, 3.8) is 0 Å². The zero-order valence-corrected chi connectivity index (χ0v) is 9.71. The van der Waals surface area contributed by atoms with E-state index < -0.39 is 0 Å². The molecule has 0 aromatic rings. The van der Waals surface area contributed by atoms with Crippen LogP contribution in [0.25, 0.3) is 0 Å². The Hall–Kier alpha value is -0.0431. The third-order valence-electron chi connectivity index (χ3n) is 3.07. The van der Waals surface area contributed by atoms with E-state index in [0.717, 1.165) is 5.54 Å². The van der Waals surface area contributed by atoms with Crippen LogP contribution >= 0.6 is 0 Å². The van der Waals surface area contributed by atoms with Gasteiger partial charge in [0.25, 0.3) is 0 Å². The molecule has 1 aliphatic heterocycles. The highest BCUT2D eigenvalue weighted by atomic mass is 28.3. The molecular formula is C11H22Si. The summed E-state index contributed by atoms with van der Waals surface area (Å²) in [6.07, 6.45) is 10.6. The molecule has 1 rings (SSSR count). The minimum Gasteiger partial charge on any atom is -0.0888 e. The van der Waals surface area contributed by atoms with E-state index in [0.29, 0.717) is 0 Å². The maximum absolute atomic E-state index is 2.47. The van der Waals surface area contributed by atoms with Crippen molar-refractivity contribution in [2.24, 2.45) is 0 Å². The summed E-state index contributed by atoms with van der Waals surface area (Å²) in [5.74, 6) is 0. The lowest BCUT2D eigenvalue weighted by Crippen LogP contribution is -2.20. The Bertz CT molecular complexity index is 134. The Morgan fingerprint density at radius 3 is 2.50 bits per heavy atom. The van der Waals surface area contributed by atoms with Gasteiger partial charge < -0.3 is 0 Å². The summed E-state index contributed by atoms with van der Waals surface area (Å²) in [5, 5.41) is 0. The summed E-state index contributed by atoms with van der Waals surface area (Å²) in [7, 11) is -0.339. The lowest BCUT2D eigenvalue weighted by atomic mass is 10.3. The summed E-state index contributed by atoms with van der Waals surface area (Å²) in [6, 6.07) is 3.21. The third kappa shape index (κ3) is 3.14. The number of hydrogen-bond donors (Lipinski definition) is 0. The van der Waals surface area contributed by atoms with E-state index in [-0.39, 0.29) is 8.80 Å². The van der Waals surface area contributed by atoms with Crippen LogP contribution in [-0.4, -0.2) is 8.80 Å². The smallest absolute Gasteiger partial charge is 0.0437 e. The average Bonchev–Trinajstić information content (AvgIpc) is 2.15. The van der Waals surface area contributed by atoms with E-state index in [9.17, 15) is 0 Å². The van der Waals surface area contributed by atoms with Crippen LogP contribution in [0.1, 0.15) is 39.5 Å². The van der Waals surface area contributed by atoms with Crippen molar-refractivity contribution in [1.29, 1.82) is 0 Å². The van der Waals surface area contributed by atoms with Gasteiger partial charge in [-0.25, -0.2) is 0 Å². The molecule has 0 bridgehead atoms. The van der Waals surface area contributed by atoms with Crippen LogP contribution < -0.4 is 0 Å². The lowest BCUT2D eigenvalue weighted by Gasteiger charge is -2.23. The van der Waals surface area contributed by atoms with Gasteiger partial charge in [-0.05, 0) is 12.0 Å². The fraction of sp³-hybridized carbons (Fsp3) is 0.818. The molecule has 70 valence electrons. The first-order valence-corrected chi connectivity index (χ1v) is 7.81. The summed E-state index contributed by atoms with van der Waals surface area (Å²) < 4.78 is 0. The molecular weight excluding hydrogens is 160 g/mol. The summed E-state index contributed by atoms with van der Waals surface area (Å²) in [4.78, 5) is 0. The molecule has 0 saturated carbocycles. The number of rotatable bonds is 3. The third-order valence-corrected chi connectivity index (χ3v) is 7.08. The highest BCUT2D eigenvalue weighted by Crippen LogP contribution is 2.27. The second kappa shape index (κ2) is 5.58. The molecule has 0 aliphatic carbocycles. The van der Waals surface area contributed by atoms with Crippen LogP contribution in [0.15, 0.2) is 12.2 Å². The summed E-state index contributed by atoms with van der Waals surface area (Å²) in [5.41, 5.74) is 0.963. The van der Waals surface area contributed by atoms with Gasteiger partial charge in [-0.15, -0.1) is 0 Å². The number of allylic oxidation sites excluding steroid dienone is 2. The summed E-state index contributed by atoms with van der Waals surface area (Å²) in [6.45, 7) is 4.67. The molecule has 1 atom stereocenters. The maximum atomic E-state index is 2.47. The van der Waals surface area contributed by atoms with Crippen molar-refractivity contribution in [3.8, 4) is 0 Å². The lowest BCUT2D eigenvalue weighted by molar-refractivity contribution is 0.714. The largest absolute Gasteiger partial charge is 0.0888 e. The van der Waals surface area contributed by atoms with Crippen LogP contribution in [0.3, 0.4) is 0 Å². The first kappa shape index (κ1) is 10.0. The highest BCUT2D eigenvalue weighted by molar-refractivity contribution is 6.61. The molecule has 0 aromatic heterocycles. The second-order valence-electron chi connectivity index (χ2n) is 4.09. The van der Waals surface area contributed by atoms with E-state index in [2.05, 4.69) is 26.0 Å². The van der Waals surface area contributed by atoms with Crippen molar-refractivity contribution in [2.75, 3.05) is 0 Å². The van der Waals surface area contributed by atoms with Crippen LogP contribution in [0.5, 0.6) is 0 Å². The molecule has 12 heavy (non-hydrogen) atoms. The SMILES string of the molecule is CC/C=C/[C@H](C)[SiH]1CCCCC1. The van der Waals surface area contributed by atoms with Crippen molar-refractivity contribution in [2.45, 2.75) is 57.2 Å². The minimum absolute atomic E-state index is 0.339. The van der Waals surface area contributed by atoms with Crippen LogP contribution in [-0.2, 0) is 0 Å². The van der Waals surface area contributed by atoms with Crippen LogP contribution in [0.4, 0.5) is 0 Å². The van der Waals surface area contributed by atoms with Crippen molar-refractivity contribution < 1.29 is 0 Å². The molecule has 1 heterocycles. The molecule has 0 spiro atoms. The molecule has 1 heteroatoms. The van der Waals surface area contributed by atoms with E-state index in [1.54, 1.807) is 12.1 Å². The van der Waals surface area contributed by atoms with E-state index >= 15 is 0 Å². The summed E-state index contributed by atoms with van der Waals surface area (Å²) >= 11 is 0. The van der Waals surface area contributed by atoms with Gasteiger partial charge in [0.1, 0.15) is 0 Å². The Balaban J connectivity index is 2.29. The van der Waals surface area contributed by atoms with Crippen molar-refractivity contribution in [3.05, 3.63) is 12.2 Å². The maximum Gasteiger partial charge on any atom is 0.0437 e. The van der Waals surface area contributed by atoms with E-state index in [1.807, 2.05) is 0 Å². The minimum atomic E-state index is -0.339. The second-order valence-corrected chi connectivity index (χ2v) is 7.82. The Morgan fingerprint density at radius 1 is 1.25 bits per heavy atom. The monoisotopic (exact) mass is 182 g/mol. The molecule has 1 aliphatic rings. The van der Waals surface area contributed by atoms with Gasteiger partial charge >= 0.3 is 0 Å². The topological polar surface area (TPSA) is 0 Å². The molecule has 1 fully saturated rings. The number of hydrogen-bond acceptors (Lipinski definition) is 0. The average molecular weight is 182 g/mol. The first-order chi connectivity index (χ1) is 5.84. The fourth-order valence-electron chi connectivity index (χ4n) is 2.17. The molecule has 0 nitrogen and oxygen atoms in total. The predicted molar refractivity (Wildman–Crippen MR) is 59.5 cm³/mol. The molecule has 0 N–H and O–H groups in total. The Labute approximate surface area is 78.7 Å². The zero-order chi connectivity index (χ0) is 8.81.